The minimum Gasteiger partial charge on any atom is -0.453 e. The Hall–Kier alpha value is -4.98. The first kappa shape index (κ1) is 20.9. The van der Waals surface area contributed by atoms with E-state index >= 15 is 0 Å². The highest BCUT2D eigenvalue weighted by atomic mass is 16.5. The van der Waals surface area contributed by atoms with E-state index in [9.17, 15) is 9.59 Å². The van der Waals surface area contributed by atoms with E-state index in [0.717, 1.165) is 16.9 Å². The van der Waals surface area contributed by atoms with E-state index < -0.39 is 11.8 Å². The molecule has 0 saturated heterocycles. The van der Waals surface area contributed by atoms with E-state index in [-0.39, 0.29) is 0 Å². The fourth-order valence-electron chi connectivity index (χ4n) is 3.87. The maximum absolute atomic E-state index is 12.3. The Morgan fingerprint density at radius 2 is 1.44 bits per heavy atom. The highest BCUT2D eigenvalue weighted by molar-refractivity contribution is 6.06. The molecule has 4 aromatic carbocycles. The molecule has 0 aliphatic carbocycles. The van der Waals surface area contributed by atoms with Crippen LogP contribution in [-0.4, -0.2) is 11.8 Å². The smallest absolute Gasteiger partial charge is 0.249 e. The molecule has 1 aliphatic rings. The van der Waals surface area contributed by atoms with Crippen molar-refractivity contribution in [1.29, 1.82) is 0 Å². The molecule has 0 spiro atoms. The van der Waals surface area contributed by atoms with Crippen LogP contribution in [0, 0.1) is 0 Å². The first-order valence-corrected chi connectivity index (χ1v) is 10.5. The molecule has 1 heterocycles. The van der Waals surface area contributed by atoms with Crippen molar-refractivity contribution < 1.29 is 14.3 Å². The number of amides is 2. The highest BCUT2D eigenvalue weighted by Gasteiger charge is 2.25. The molecule has 8 N–H and O–H groups in total. The largest absolute Gasteiger partial charge is 0.453 e. The van der Waals surface area contributed by atoms with Gasteiger partial charge < -0.3 is 32.6 Å². The number of benzene rings is 4. The summed E-state index contributed by atoms with van der Waals surface area (Å²) in [4.78, 5) is 23.8. The second kappa shape index (κ2) is 8.18. The molecule has 0 atom stereocenters. The number of ether oxygens (including phenoxy) is 1. The van der Waals surface area contributed by atoms with E-state index in [1.165, 1.54) is 0 Å². The second-order valence-corrected chi connectivity index (χ2v) is 7.85. The molecule has 0 bridgehead atoms. The number of rotatable bonds is 5. The molecule has 34 heavy (non-hydrogen) atoms. The maximum atomic E-state index is 12.3. The van der Waals surface area contributed by atoms with Crippen molar-refractivity contribution in [2.45, 2.75) is 0 Å². The van der Waals surface area contributed by atoms with Crippen LogP contribution in [-0.2, 0) is 0 Å². The highest BCUT2D eigenvalue weighted by Crippen LogP contribution is 2.48. The number of carbonyl (C=O) groups is 2. The van der Waals surface area contributed by atoms with Gasteiger partial charge in [-0.2, -0.15) is 0 Å². The summed E-state index contributed by atoms with van der Waals surface area (Å²) in [7, 11) is 0. The molecule has 4 aromatic rings. The third kappa shape index (κ3) is 3.84. The van der Waals surface area contributed by atoms with Crippen LogP contribution in [0.1, 0.15) is 20.7 Å². The van der Waals surface area contributed by atoms with Crippen molar-refractivity contribution in [2.24, 2.45) is 11.5 Å². The first-order chi connectivity index (χ1) is 16.4. The number of nitrogens with one attached hydrogen (secondary N) is 2. The summed E-state index contributed by atoms with van der Waals surface area (Å²) >= 11 is 0. The number of anilines is 5. The Morgan fingerprint density at radius 3 is 2.09 bits per heavy atom. The summed E-state index contributed by atoms with van der Waals surface area (Å²) in [5.41, 5.74) is 22.6. The molecule has 8 heteroatoms. The molecule has 0 aromatic heterocycles. The van der Waals surface area contributed by atoms with Crippen LogP contribution >= 0.6 is 0 Å². The van der Waals surface area contributed by atoms with Gasteiger partial charge in [-0.1, -0.05) is 12.1 Å². The van der Waals surface area contributed by atoms with Crippen LogP contribution in [0.5, 0.6) is 11.5 Å². The molecule has 1 aliphatic heterocycles. The van der Waals surface area contributed by atoms with Crippen molar-refractivity contribution in [2.75, 3.05) is 16.4 Å². The van der Waals surface area contributed by atoms with Gasteiger partial charge in [0.05, 0.1) is 11.4 Å². The molecule has 0 radical (unpaired) electrons. The number of nitrogens with two attached hydrogens (primary N) is 3. The standard InChI is InChI=1S/C26H21N5O3/c27-16-4-8-18(9-5-16)30-17-6-1-14(2-7-17)23-19(26(29)33)10-12-21-24(23)31-20-11-3-15(25(28)32)13-22(20)34-21/h1-13,30-31H,27H2,(H2,28,32)(H2,29,33). The zero-order chi connectivity index (χ0) is 23.8. The lowest BCUT2D eigenvalue weighted by Crippen LogP contribution is -2.15. The van der Waals surface area contributed by atoms with Gasteiger partial charge in [0, 0.05) is 33.8 Å². The van der Waals surface area contributed by atoms with Gasteiger partial charge in [-0.05, 0) is 72.3 Å². The molecule has 0 saturated carbocycles. The molecule has 8 nitrogen and oxygen atoms in total. The summed E-state index contributed by atoms with van der Waals surface area (Å²) in [6.45, 7) is 0. The average molecular weight is 451 g/mol. The zero-order valence-electron chi connectivity index (χ0n) is 18.0. The lowest BCUT2D eigenvalue weighted by Gasteiger charge is -2.25. The molecule has 0 unspecified atom stereocenters. The number of nitrogen functional groups attached to an aromatic ring is 1. The molecule has 0 fully saturated rings. The molecule has 5 rings (SSSR count). The monoisotopic (exact) mass is 451 g/mol. The average Bonchev–Trinajstić information content (AvgIpc) is 2.83. The Morgan fingerprint density at radius 1 is 0.765 bits per heavy atom. The van der Waals surface area contributed by atoms with Crippen LogP contribution in [0.15, 0.2) is 78.9 Å². The summed E-state index contributed by atoms with van der Waals surface area (Å²) in [6, 6.07) is 23.2. The molecular weight excluding hydrogens is 430 g/mol. The molecule has 168 valence electrons. The van der Waals surface area contributed by atoms with Crippen LogP contribution < -0.4 is 32.6 Å². The van der Waals surface area contributed by atoms with Gasteiger partial charge in [0.2, 0.25) is 11.8 Å². The first-order valence-electron chi connectivity index (χ1n) is 10.5. The van der Waals surface area contributed by atoms with Gasteiger partial charge in [-0.25, -0.2) is 0 Å². The summed E-state index contributed by atoms with van der Waals surface area (Å²) in [6.07, 6.45) is 0. The Labute approximate surface area is 195 Å². The predicted octanol–water partition coefficient (Wildman–Crippen LogP) is 4.73. The van der Waals surface area contributed by atoms with Crippen LogP contribution in [0.25, 0.3) is 11.1 Å². The van der Waals surface area contributed by atoms with Gasteiger partial charge >= 0.3 is 0 Å². The minimum atomic E-state index is -0.557. The van der Waals surface area contributed by atoms with E-state index in [1.54, 1.807) is 30.3 Å². The van der Waals surface area contributed by atoms with Gasteiger partial charge in [0.15, 0.2) is 11.5 Å². The summed E-state index contributed by atoms with van der Waals surface area (Å²) < 4.78 is 6.03. The fourth-order valence-corrected chi connectivity index (χ4v) is 3.87. The van der Waals surface area contributed by atoms with Crippen molar-refractivity contribution in [1.82, 2.24) is 0 Å². The third-order valence-corrected chi connectivity index (χ3v) is 5.55. The second-order valence-electron chi connectivity index (χ2n) is 7.85. The normalized spacial score (nSPS) is 11.4. The van der Waals surface area contributed by atoms with Crippen molar-refractivity contribution in [3.05, 3.63) is 90.0 Å². The van der Waals surface area contributed by atoms with Gasteiger partial charge in [0.1, 0.15) is 0 Å². The van der Waals surface area contributed by atoms with Gasteiger partial charge in [0.25, 0.3) is 0 Å². The predicted molar refractivity (Wildman–Crippen MR) is 133 cm³/mol. The summed E-state index contributed by atoms with van der Waals surface area (Å²) in [5, 5.41) is 6.63. The maximum Gasteiger partial charge on any atom is 0.249 e. The lowest BCUT2D eigenvalue weighted by atomic mass is 9.95. The Balaban J connectivity index is 1.52. The van der Waals surface area contributed by atoms with E-state index in [4.69, 9.17) is 21.9 Å². The molecule has 2 amide bonds. The quantitative estimate of drug-likeness (QED) is 0.244. The van der Waals surface area contributed by atoms with Crippen molar-refractivity contribution >= 4 is 40.3 Å². The van der Waals surface area contributed by atoms with E-state index in [0.29, 0.717) is 45.3 Å². The number of hydrogen-bond acceptors (Lipinski definition) is 6. The number of fused-ring (bicyclic) bond motifs is 2. The number of primary amides is 2. The number of carbonyl (C=O) groups excluding carboxylic acids is 2. The lowest BCUT2D eigenvalue weighted by molar-refractivity contribution is 0.0992. The SMILES string of the molecule is NC(=O)c1ccc2c(c1)Oc1ccc(C(N)=O)c(-c3ccc(Nc4ccc(N)cc4)cc3)c1N2. The summed E-state index contributed by atoms with van der Waals surface area (Å²) in [5.74, 6) is -0.143. The minimum absolute atomic E-state index is 0.335. The van der Waals surface area contributed by atoms with Crippen LogP contribution in [0.2, 0.25) is 0 Å². The van der Waals surface area contributed by atoms with Crippen molar-refractivity contribution in [3.63, 3.8) is 0 Å². The Kier molecular flexibility index (Phi) is 5.03. The Bertz CT molecular complexity index is 1430. The van der Waals surface area contributed by atoms with Gasteiger partial charge in [-0.3, -0.25) is 9.59 Å². The number of hydrogen-bond donors (Lipinski definition) is 5. The van der Waals surface area contributed by atoms with Crippen molar-refractivity contribution in [3.8, 4) is 22.6 Å². The third-order valence-electron chi connectivity index (χ3n) is 5.55. The fraction of sp³-hybridized carbons (Fsp3) is 0. The molecular formula is C26H21N5O3. The van der Waals surface area contributed by atoms with E-state index in [2.05, 4.69) is 10.6 Å². The topological polar surface area (TPSA) is 145 Å². The van der Waals surface area contributed by atoms with Gasteiger partial charge in [-0.15, -0.1) is 0 Å². The van der Waals surface area contributed by atoms with E-state index in [1.807, 2.05) is 48.5 Å². The zero-order valence-corrected chi connectivity index (χ0v) is 18.0. The van der Waals surface area contributed by atoms with Crippen LogP contribution in [0.4, 0.5) is 28.4 Å². The van der Waals surface area contributed by atoms with Crippen LogP contribution in [0.3, 0.4) is 0 Å².